The zero-order valence-corrected chi connectivity index (χ0v) is 22.0. The van der Waals surface area contributed by atoms with Gasteiger partial charge in [0, 0.05) is 49.1 Å². The largest absolute Gasteiger partial charge is 0.508 e. The summed E-state index contributed by atoms with van der Waals surface area (Å²) >= 11 is 0. The second-order valence-electron chi connectivity index (χ2n) is 10.4. The van der Waals surface area contributed by atoms with Gasteiger partial charge in [0.15, 0.2) is 0 Å². The highest BCUT2D eigenvalue weighted by Gasteiger charge is 2.35. The molecule has 1 aliphatic heterocycles. The Hall–Kier alpha value is -4.10. The number of fused-ring (bicyclic) bond motifs is 2. The number of aromatic hydroxyl groups is 2. The number of carbonyl (C=O) groups excluding carboxylic acids is 2. The van der Waals surface area contributed by atoms with Gasteiger partial charge in [-0.2, -0.15) is 0 Å². The SMILES string of the molecule is Cc1cc(C(=O)N2Cc3cccc(N(C(=O)/C=C/CN(C)C)C4Cc5ccccc5C4)c3C2)c(O)cc1O. The fourth-order valence-electron chi connectivity index (χ4n) is 5.46. The summed E-state index contributed by atoms with van der Waals surface area (Å²) in [5.74, 6) is -0.694. The van der Waals surface area contributed by atoms with Gasteiger partial charge in [0.2, 0.25) is 0 Å². The fraction of sp³-hybridized carbons (Fsp3) is 0.290. The number of phenolic OH excluding ortho intramolecular Hbond substituents is 2. The molecule has 2 aliphatic rings. The molecular weight excluding hydrogens is 478 g/mol. The van der Waals surface area contributed by atoms with Gasteiger partial charge in [-0.3, -0.25) is 9.59 Å². The summed E-state index contributed by atoms with van der Waals surface area (Å²) in [5, 5.41) is 20.3. The van der Waals surface area contributed by atoms with Gasteiger partial charge in [0.1, 0.15) is 11.5 Å². The maximum atomic E-state index is 13.7. The number of amides is 2. The Morgan fingerprint density at radius 1 is 0.947 bits per heavy atom. The molecule has 196 valence electrons. The van der Waals surface area contributed by atoms with Crippen LogP contribution < -0.4 is 4.90 Å². The molecule has 3 aromatic rings. The van der Waals surface area contributed by atoms with E-state index in [2.05, 4.69) is 12.1 Å². The van der Waals surface area contributed by atoms with Crippen LogP contribution in [0.2, 0.25) is 0 Å². The highest BCUT2D eigenvalue weighted by molar-refractivity contribution is 6.03. The van der Waals surface area contributed by atoms with Crippen LogP contribution in [0.25, 0.3) is 0 Å². The summed E-state index contributed by atoms with van der Waals surface area (Å²) in [7, 11) is 3.92. The maximum Gasteiger partial charge on any atom is 0.258 e. The van der Waals surface area contributed by atoms with Crippen LogP contribution in [0.3, 0.4) is 0 Å². The van der Waals surface area contributed by atoms with E-state index in [1.807, 2.05) is 60.3 Å². The van der Waals surface area contributed by atoms with E-state index in [9.17, 15) is 19.8 Å². The van der Waals surface area contributed by atoms with Crippen molar-refractivity contribution in [3.8, 4) is 11.5 Å². The summed E-state index contributed by atoms with van der Waals surface area (Å²) < 4.78 is 0. The molecule has 7 nitrogen and oxygen atoms in total. The fourth-order valence-corrected chi connectivity index (χ4v) is 5.46. The molecule has 0 atom stereocenters. The molecule has 0 unspecified atom stereocenters. The minimum Gasteiger partial charge on any atom is -0.508 e. The van der Waals surface area contributed by atoms with Crippen molar-refractivity contribution in [1.82, 2.24) is 9.80 Å². The highest BCUT2D eigenvalue weighted by Crippen LogP contribution is 2.37. The lowest BCUT2D eigenvalue weighted by atomic mass is 10.0. The first-order chi connectivity index (χ1) is 18.2. The van der Waals surface area contributed by atoms with Crippen molar-refractivity contribution >= 4 is 17.5 Å². The number of benzene rings is 3. The lowest BCUT2D eigenvalue weighted by Gasteiger charge is -2.30. The molecule has 2 amide bonds. The third-order valence-electron chi connectivity index (χ3n) is 7.41. The summed E-state index contributed by atoms with van der Waals surface area (Å²) in [6.07, 6.45) is 5.08. The zero-order valence-electron chi connectivity index (χ0n) is 22.0. The average molecular weight is 512 g/mol. The molecule has 3 aromatic carbocycles. The van der Waals surface area contributed by atoms with Gasteiger partial charge in [-0.05, 0) is 68.2 Å². The topological polar surface area (TPSA) is 84.3 Å². The van der Waals surface area contributed by atoms with Crippen LogP contribution in [0, 0.1) is 6.92 Å². The monoisotopic (exact) mass is 511 g/mol. The Morgan fingerprint density at radius 3 is 2.32 bits per heavy atom. The van der Waals surface area contributed by atoms with E-state index >= 15 is 0 Å². The summed E-state index contributed by atoms with van der Waals surface area (Å²) in [6.45, 7) is 3.06. The second-order valence-corrected chi connectivity index (χ2v) is 10.4. The summed E-state index contributed by atoms with van der Waals surface area (Å²) in [5.41, 5.74) is 5.94. The quantitative estimate of drug-likeness (QED) is 0.485. The number of hydrogen-bond acceptors (Lipinski definition) is 5. The molecule has 0 saturated carbocycles. The molecule has 0 aromatic heterocycles. The third-order valence-corrected chi connectivity index (χ3v) is 7.41. The van der Waals surface area contributed by atoms with Gasteiger partial charge in [0.25, 0.3) is 11.8 Å². The average Bonchev–Trinajstić information content (AvgIpc) is 3.50. The van der Waals surface area contributed by atoms with Crippen molar-refractivity contribution in [3.63, 3.8) is 0 Å². The van der Waals surface area contributed by atoms with Crippen molar-refractivity contribution in [2.24, 2.45) is 0 Å². The van der Waals surface area contributed by atoms with Crippen molar-refractivity contribution in [3.05, 3.63) is 100 Å². The van der Waals surface area contributed by atoms with E-state index in [1.165, 1.54) is 23.3 Å². The van der Waals surface area contributed by atoms with Gasteiger partial charge in [-0.1, -0.05) is 42.5 Å². The zero-order chi connectivity index (χ0) is 27.0. The van der Waals surface area contributed by atoms with E-state index in [-0.39, 0.29) is 34.9 Å². The van der Waals surface area contributed by atoms with E-state index in [0.717, 1.165) is 29.7 Å². The minimum absolute atomic E-state index is 0.0241. The van der Waals surface area contributed by atoms with E-state index < -0.39 is 0 Å². The number of aryl methyl sites for hydroxylation is 1. The molecule has 0 radical (unpaired) electrons. The predicted molar refractivity (Wildman–Crippen MR) is 147 cm³/mol. The number of likely N-dealkylation sites (N-methyl/N-ethyl adjacent to an activating group) is 1. The summed E-state index contributed by atoms with van der Waals surface area (Å²) in [6, 6.07) is 16.9. The van der Waals surface area contributed by atoms with Crippen LogP contribution in [-0.2, 0) is 30.7 Å². The first-order valence-corrected chi connectivity index (χ1v) is 12.9. The molecule has 38 heavy (non-hydrogen) atoms. The number of carbonyl (C=O) groups is 2. The Morgan fingerprint density at radius 2 is 1.63 bits per heavy atom. The van der Waals surface area contributed by atoms with Crippen LogP contribution in [0.15, 0.2) is 66.7 Å². The second kappa shape index (κ2) is 10.3. The van der Waals surface area contributed by atoms with Crippen molar-refractivity contribution in [1.29, 1.82) is 0 Å². The highest BCUT2D eigenvalue weighted by atomic mass is 16.3. The Bertz CT molecular complexity index is 1400. The van der Waals surface area contributed by atoms with Gasteiger partial charge in [-0.25, -0.2) is 0 Å². The smallest absolute Gasteiger partial charge is 0.258 e. The number of phenols is 2. The first-order valence-electron chi connectivity index (χ1n) is 12.9. The van der Waals surface area contributed by atoms with E-state index in [4.69, 9.17) is 0 Å². The van der Waals surface area contributed by atoms with Gasteiger partial charge < -0.3 is 24.9 Å². The van der Waals surface area contributed by atoms with Crippen LogP contribution in [0.1, 0.15) is 38.2 Å². The molecular formula is C31H33N3O4. The molecule has 7 heteroatoms. The van der Waals surface area contributed by atoms with Gasteiger partial charge in [-0.15, -0.1) is 0 Å². The van der Waals surface area contributed by atoms with E-state index in [0.29, 0.717) is 25.2 Å². The molecule has 0 bridgehead atoms. The van der Waals surface area contributed by atoms with Crippen LogP contribution in [0.5, 0.6) is 11.5 Å². The van der Waals surface area contributed by atoms with Gasteiger partial charge >= 0.3 is 0 Å². The van der Waals surface area contributed by atoms with Crippen molar-refractivity contribution < 1.29 is 19.8 Å². The molecule has 0 saturated heterocycles. The number of anilines is 1. The minimum atomic E-state index is -0.315. The lowest BCUT2D eigenvalue weighted by molar-refractivity contribution is -0.114. The van der Waals surface area contributed by atoms with E-state index in [1.54, 1.807) is 17.9 Å². The lowest BCUT2D eigenvalue weighted by Crippen LogP contribution is -2.41. The Labute approximate surface area is 223 Å². The molecule has 0 fully saturated rings. The molecule has 2 N–H and O–H groups in total. The first kappa shape index (κ1) is 25.5. The number of rotatable bonds is 6. The van der Waals surface area contributed by atoms with Crippen molar-refractivity contribution in [2.45, 2.75) is 38.9 Å². The van der Waals surface area contributed by atoms with Crippen LogP contribution in [0.4, 0.5) is 5.69 Å². The molecule has 0 spiro atoms. The third kappa shape index (κ3) is 4.89. The number of hydrogen-bond donors (Lipinski definition) is 2. The Kier molecular flexibility index (Phi) is 6.95. The van der Waals surface area contributed by atoms with Gasteiger partial charge in [0.05, 0.1) is 5.56 Å². The van der Waals surface area contributed by atoms with Crippen molar-refractivity contribution in [2.75, 3.05) is 25.5 Å². The van der Waals surface area contributed by atoms with Crippen LogP contribution in [-0.4, -0.2) is 58.5 Å². The molecule has 5 rings (SSSR count). The maximum absolute atomic E-state index is 13.7. The molecule has 1 aliphatic carbocycles. The molecule has 1 heterocycles. The normalized spacial score (nSPS) is 14.8. The number of nitrogens with zero attached hydrogens (tertiary/aromatic N) is 3. The van der Waals surface area contributed by atoms with Crippen LogP contribution >= 0.6 is 0 Å². The summed E-state index contributed by atoms with van der Waals surface area (Å²) in [4.78, 5) is 32.7. The standard InChI is InChI=1S/C31H33N3O4/c1-20-14-25(29(36)17-28(20)35)31(38)33-18-23-10-6-11-27(26(23)19-33)34(30(37)12-7-13-32(2)3)24-15-21-8-4-5-9-22(21)16-24/h4-12,14,17,24,35-36H,13,15-16,18-19H2,1-3H3/b12-7+. The Balaban J connectivity index is 1.47. The predicted octanol–water partition coefficient (Wildman–Crippen LogP) is 4.18.